The van der Waals surface area contributed by atoms with Crippen molar-refractivity contribution in [2.75, 3.05) is 19.6 Å². The molecule has 140 valence electrons. The maximum absolute atomic E-state index is 12.9. The van der Waals surface area contributed by atoms with Crippen LogP contribution >= 0.6 is 22.7 Å². The molecule has 3 rings (SSSR count). The van der Waals surface area contributed by atoms with Gasteiger partial charge in [0, 0.05) is 29.4 Å². The van der Waals surface area contributed by atoms with E-state index in [0.717, 1.165) is 9.75 Å². The molecule has 1 unspecified atom stereocenters. The summed E-state index contributed by atoms with van der Waals surface area (Å²) in [5, 5.41) is 10.7. The van der Waals surface area contributed by atoms with Crippen LogP contribution in [0.3, 0.4) is 0 Å². The Morgan fingerprint density at radius 3 is 2.08 bits per heavy atom. The van der Waals surface area contributed by atoms with Gasteiger partial charge in [-0.2, -0.15) is 0 Å². The maximum Gasteiger partial charge on any atom is 0.274 e. The van der Waals surface area contributed by atoms with Crippen LogP contribution in [0.1, 0.15) is 44.6 Å². The van der Waals surface area contributed by atoms with Gasteiger partial charge in [0.05, 0.1) is 22.7 Å². The monoisotopic (exact) mass is 394 g/mol. The van der Waals surface area contributed by atoms with Crippen molar-refractivity contribution < 1.29 is 14.7 Å². The third-order valence-electron chi connectivity index (χ3n) is 4.64. The van der Waals surface area contributed by atoms with Crippen molar-refractivity contribution >= 4 is 34.5 Å². The number of piperazine rings is 1. The quantitative estimate of drug-likeness (QED) is 0.860. The number of amides is 2. The SMILES string of the molecule is Cc1scnc1C(=O)N1CCN(C(=O)c2ncsc2C)C(C(C)(C)O)C1. The van der Waals surface area contributed by atoms with Gasteiger partial charge < -0.3 is 14.9 Å². The van der Waals surface area contributed by atoms with Gasteiger partial charge in [0.25, 0.3) is 11.8 Å². The Labute approximate surface area is 160 Å². The van der Waals surface area contributed by atoms with Crippen molar-refractivity contribution in [3.8, 4) is 0 Å². The second kappa shape index (κ2) is 7.05. The standard InChI is InChI=1S/C17H22N4O3S2/c1-10-13(18-8-25-10)15(22)20-5-6-21(12(7-20)17(3,4)24)16(23)14-11(2)26-9-19-14/h8-9,12,24H,5-7H2,1-4H3. The first-order valence-electron chi connectivity index (χ1n) is 8.33. The zero-order valence-electron chi connectivity index (χ0n) is 15.2. The zero-order valence-corrected chi connectivity index (χ0v) is 16.9. The summed E-state index contributed by atoms with van der Waals surface area (Å²) >= 11 is 2.85. The minimum atomic E-state index is -1.16. The second-order valence-corrected chi connectivity index (χ2v) is 9.05. The molecule has 0 aliphatic carbocycles. The summed E-state index contributed by atoms with van der Waals surface area (Å²) in [5.74, 6) is -0.359. The van der Waals surface area contributed by atoms with Crippen molar-refractivity contribution in [2.45, 2.75) is 39.3 Å². The van der Waals surface area contributed by atoms with E-state index >= 15 is 0 Å². The number of hydrogen-bond donors (Lipinski definition) is 1. The van der Waals surface area contributed by atoms with Gasteiger partial charge in [-0.3, -0.25) is 9.59 Å². The molecule has 2 amide bonds. The fraction of sp³-hybridized carbons (Fsp3) is 0.529. The highest BCUT2D eigenvalue weighted by molar-refractivity contribution is 7.10. The molecule has 1 fully saturated rings. The van der Waals surface area contributed by atoms with Crippen molar-refractivity contribution in [1.29, 1.82) is 0 Å². The van der Waals surface area contributed by atoms with E-state index in [4.69, 9.17) is 0 Å². The first kappa shape index (κ1) is 18.9. The number of thiazole rings is 2. The normalized spacial score (nSPS) is 18.3. The van der Waals surface area contributed by atoms with Crippen molar-refractivity contribution in [3.05, 3.63) is 32.2 Å². The van der Waals surface area contributed by atoms with Crippen LogP contribution in [0.2, 0.25) is 0 Å². The molecule has 0 bridgehead atoms. The molecule has 2 aromatic rings. The third-order valence-corrected chi connectivity index (χ3v) is 6.15. The van der Waals surface area contributed by atoms with Gasteiger partial charge in [0.1, 0.15) is 11.4 Å². The predicted molar refractivity (Wildman–Crippen MR) is 101 cm³/mol. The highest BCUT2D eigenvalue weighted by atomic mass is 32.1. The molecule has 7 nitrogen and oxygen atoms in total. The molecule has 1 N–H and O–H groups in total. The fourth-order valence-electron chi connectivity index (χ4n) is 3.12. The van der Waals surface area contributed by atoms with Crippen LogP contribution in [-0.4, -0.2) is 68.0 Å². The lowest BCUT2D eigenvalue weighted by Gasteiger charge is -2.46. The van der Waals surface area contributed by atoms with E-state index in [1.807, 2.05) is 13.8 Å². The van der Waals surface area contributed by atoms with Gasteiger partial charge in [-0.05, 0) is 27.7 Å². The average Bonchev–Trinajstić information content (AvgIpc) is 3.20. The molecular formula is C17H22N4O3S2. The van der Waals surface area contributed by atoms with Crippen molar-refractivity contribution in [2.24, 2.45) is 0 Å². The maximum atomic E-state index is 12.9. The number of carbonyl (C=O) groups excluding carboxylic acids is 2. The summed E-state index contributed by atoms with van der Waals surface area (Å²) in [6.07, 6.45) is 0. The molecular weight excluding hydrogens is 372 g/mol. The summed E-state index contributed by atoms with van der Waals surface area (Å²) in [4.78, 5) is 39.1. The van der Waals surface area contributed by atoms with Gasteiger partial charge in [-0.1, -0.05) is 0 Å². The van der Waals surface area contributed by atoms with Crippen LogP contribution in [0, 0.1) is 13.8 Å². The molecule has 9 heteroatoms. The van der Waals surface area contributed by atoms with Crippen LogP contribution in [-0.2, 0) is 0 Å². The van der Waals surface area contributed by atoms with E-state index in [2.05, 4.69) is 9.97 Å². The van der Waals surface area contributed by atoms with E-state index in [1.165, 1.54) is 22.7 Å². The second-order valence-electron chi connectivity index (χ2n) is 6.93. The summed E-state index contributed by atoms with van der Waals surface area (Å²) in [5.41, 5.74) is 3.00. The number of carbonyl (C=O) groups is 2. The van der Waals surface area contributed by atoms with E-state index < -0.39 is 11.6 Å². The number of aromatic nitrogens is 2. The molecule has 26 heavy (non-hydrogen) atoms. The van der Waals surface area contributed by atoms with E-state index in [-0.39, 0.29) is 18.4 Å². The average molecular weight is 395 g/mol. The largest absolute Gasteiger partial charge is 0.388 e. The highest BCUT2D eigenvalue weighted by Crippen LogP contribution is 2.25. The smallest absolute Gasteiger partial charge is 0.274 e. The number of aryl methyl sites for hydroxylation is 2. The highest BCUT2D eigenvalue weighted by Gasteiger charge is 2.42. The van der Waals surface area contributed by atoms with Gasteiger partial charge in [0.15, 0.2) is 0 Å². The van der Waals surface area contributed by atoms with Crippen LogP contribution in [0.5, 0.6) is 0 Å². The summed E-state index contributed by atoms with van der Waals surface area (Å²) in [7, 11) is 0. The molecule has 1 aliphatic heterocycles. The van der Waals surface area contributed by atoms with Gasteiger partial charge in [-0.25, -0.2) is 9.97 Å². The lowest BCUT2D eigenvalue weighted by Crippen LogP contribution is -2.63. The number of nitrogens with zero attached hydrogens (tertiary/aromatic N) is 4. The Hall–Kier alpha value is -1.84. The summed E-state index contributed by atoms with van der Waals surface area (Å²) in [6.45, 7) is 8.05. The van der Waals surface area contributed by atoms with Crippen molar-refractivity contribution in [1.82, 2.24) is 19.8 Å². The molecule has 1 saturated heterocycles. The van der Waals surface area contributed by atoms with E-state index in [0.29, 0.717) is 24.5 Å². The Morgan fingerprint density at radius 2 is 1.62 bits per heavy atom. The number of aliphatic hydroxyl groups is 1. The minimum absolute atomic E-state index is 0.157. The lowest BCUT2D eigenvalue weighted by atomic mass is 9.94. The molecule has 1 aliphatic rings. The first-order valence-corrected chi connectivity index (χ1v) is 10.1. The molecule has 0 spiro atoms. The Bertz CT molecular complexity index is 824. The predicted octanol–water partition coefficient (Wildman–Crippen LogP) is 1.95. The van der Waals surface area contributed by atoms with E-state index in [9.17, 15) is 14.7 Å². The topological polar surface area (TPSA) is 86.6 Å². The molecule has 2 aromatic heterocycles. The van der Waals surface area contributed by atoms with Crippen LogP contribution < -0.4 is 0 Å². The molecule has 1 atom stereocenters. The Kier molecular flexibility index (Phi) is 5.14. The van der Waals surface area contributed by atoms with Crippen LogP contribution in [0.25, 0.3) is 0 Å². The lowest BCUT2D eigenvalue weighted by molar-refractivity contribution is -0.0418. The fourth-order valence-corrected chi connectivity index (χ4v) is 4.26. The molecule has 0 saturated carbocycles. The first-order chi connectivity index (χ1) is 12.2. The zero-order chi connectivity index (χ0) is 19.1. The van der Waals surface area contributed by atoms with Gasteiger partial charge in [-0.15, -0.1) is 22.7 Å². The van der Waals surface area contributed by atoms with Gasteiger partial charge in [0.2, 0.25) is 0 Å². The van der Waals surface area contributed by atoms with Gasteiger partial charge >= 0.3 is 0 Å². The summed E-state index contributed by atoms with van der Waals surface area (Å²) in [6, 6.07) is -0.521. The van der Waals surface area contributed by atoms with Crippen molar-refractivity contribution in [3.63, 3.8) is 0 Å². The number of rotatable bonds is 3. The number of hydrogen-bond acceptors (Lipinski definition) is 7. The molecule has 3 heterocycles. The molecule has 0 aromatic carbocycles. The Morgan fingerprint density at radius 1 is 1.08 bits per heavy atom. The molecule has 0 radical (unpaired) electrons. The summed E-state index contributed by atoms with van der Waals surface area (Å²) < 4.78 is 0. The van der Waals surface area contributed by atoms with E-state index in [1.54, 1.807) is 34.7 Å². The minimum Gasteiger partial charge on any atom is -0.388 e. The third kappa shape index (κ3) is 3.51. The van der Waals surface area contributed by atoms with Crippen LogP contribution in [0.4, 0.5) is 0 Å². The Balaban J connectivity index is 1.84. The van der Waals surface area contributed by atoms with Crippen LogP contribution in [0.15, 0.2) is 11.0 Å².